The molecule has 0 fully saturated rings. The number of amides is 1. The molecule has 0 aliphatic rings. The Hall–Kier alpha value is -2.30. The predicted octanol–water partition coefficient (Wildman–Crippen LogP) is 3.42. The second-order valence-corrected chi connectivity index (χ2v) is 5.84. The van der Waals surface area contributed by atoms with E-state index in [1.54, 1.807) is 7.11 Å². The highest BCUT2D eigenvalue weighted by atomic mass is 16.5. The quantitative estimate of drug-likeness (QED) is 0.887. The maximum Gasteiger partial charge on any atom is 0.220 e. The van der Waals surface area contributed by atoms with Gasteiger partial charge in [-0.1, -0.05) is 22.9 Å². The Labute approximate surface area is 137 Å². The molecule has 1 N–H and O–H groups in total. The molecule has 1 atom stereocenters. The van der Waals surface area contributed by atoms with Gasteiger partial charge in [-0.15, -0.1) is 0 Å². The standard InChI is InChI=1S/C18H24N2O3/c1-11-6-8-17(22-5)16(10-11)12(2)19-18(21)9-7-15-13(3)20-23-14(15)4/h6,8,10,12H,7,9H2,1-5H3,(H,19,21)/t12-/m1/s1. The van der Waals surface area contributed by atoms with Crippen LogP contribution in [0.3, 0.4) is 0 Å². The van der Waals surface area contributed by atoms with Gasteiger partial charge in [-0.05, 0) is 40.2 Å². The smallest absolute Gasteiger partial charge is 0.220 e. The number of carbonyl (C=O) groups is 1. The third kappa shape index (κ3) is 4.12. The van der Waals surface area contributed by atoms with Crippen molar-refractivity contribution in [2.24, 2.45) is 0 Å². The zero-order valence-corrected chi connectivity index (χ0v) is 14.4. The Morgan fingerprint density at radius 1 is 1.35 bits per heavy atom. The molecule has 0 saturated carbocycles. The van der Waals surface area contributed by atoms with Crippen molar-refractivity contribution >= 4 is 5.91 Å². The van der Waals surface area contributed by atoms with Crippen molar-refractivity contribution in [3.05, 3.63) is 46.3 Å². The summed E-state index contributed by atoms with van der Waals surface area (Å²) in [7, 11) is 1.64. The van der Waals surface area contributed by atoms with E-state index in [0.29, 0.717) is 12.8 Å². The van der Waals surface area contributed by atoms with Crippen molar-refractivity contribution in [3.63, 3.8) is 0 Å². The second kappa shape index (κ2) is 7.31. The van der Waals surface area contributed by atoms with Gasteiger partial charge in [-0.3, -0.25) is 4.79 Å². The monoisotopic (exact) mass is 316 g/mol. The third-order valence-corrected chi connectivity index (χ3v) is 4.01. The third-order valence-electron chi connectivity index (χ3n) is 4.01. The van der Waals surface area contributed by atoms with Gasteiger partial charge in [-0.25, -0.2) is 0 Å². The van der Waals surface area contributed by atoms with E-state index in [0.717, 1.165) is 33.9 Å². The molecule has 0 unspecified atom stereocenters. The number of carbonyl (C=O) groups excluding carboxylic acids is 1. The first kappa shape index (κ1) is 17.1. The fourth-order valence-corrected chi connectivity index (χ4v) is 2.68. The molecule has 0 spiro atoms. The van der Waals surface area contributed by atoms with Gasteiger partial charge in [-0.2, -0.15) is 0 Å². The summed E-state index contributed by atoms with van der Waals surface area (Å²) in [6.07, 6.45) is 1.03. The van der Waals surface area contributed by atoms with Crippen LogP contribution in [-0.2, 0) is 11.2 Å². The van der Waals surface area contributed by atoms with Gasteiger partial charge >= 0.3 is 0 Å². The van der Waals surface area contributed by atoms with Crippen LogP contribution >= 0.6 is 0 Å². The number of methoxy groups -OCH3 is 1. The SMILES string of the molecule is COc1ccc(C)cc1[C@@H](C)NC(=O)CCc1c(C)noc1C. The van der Waals surface area contributed by atoms with E-state index in [-0.39, 0.29) is 11.9 Å². The minimum Gasteiger partial charge on any atom is -0.496 e. The van der Waals surface area contributed by atoms with E-state index >= 15 is 0 Å². The molecule has 0 aliphatic heterocycles. The molecule has 5 heteroatoms. The Kier molecular flexibility index (Phi) is 5.42. The summed E-state index contributed by atoms with van der Waals surface area (Å²) in [4.78, 5) is 12.2. The van der Waals surface area contributed by atoms with Crippen molar-refractivity contribution in [3.8, 4) is 5.75 Å². The summed E-state index contributed by atoms with van der Waals surface area (Å²) >= 11 is 0. The number of ether oxygens (including phenoxy) is 1. The van der Waals surface area contributed by atoms with E-state index in [9.17, 15) is 4.79 Å². The van der Waals surface area contributed by atoms with Gasteiger partial charge in [0.25, 0.3) is 0 Å². The molecule has 1 aromatic heterocycles. The van der Waals surface area contributed by atoms with Crippen LogP contribution in [0.1, 0.15) is 47.5 Å². The molecule has 0 bridgehead atoms. The maximum atomic E-state index is 12.2. The van der Waals surface area contributed by atoms with E-state index in [1.165, 1.54) is 0 Å². The number of aryl methyl sites for hydroxylation is 3. The molecule has 1 amide bonds. The number of nitrogens with one attached hydrogen (secondary N) is 1. The molecule has 1 aromatic carbocycles. The van der Waals surface area contributed by atoms with E-state index in [2.05, 4.69) is 10.5 Å². The number of nitrogens with zero attached hydrogens (tertiary/aromatic N) is 1. The first-order valence-electron chi connectivity index (χ1n) is 7.78. The maximum absolute atomic E-state index is 12.2. The minimum atomic E-state index is -0.109. The summed E-state index contributed by atoms with van der Waals surface area (Å²) in [5.41, 5.74) is 3.99. The lowest BCUT2D eigenvalue weighted by molar-refractivity contribution is -0.121. The topological polar surface area (TPSA) is 64.4 Å². The van der Waals surface area contributed by atoms with Crippen molar-refractivity contribution in [1.29, 1.82) is 0 Å². The van der Waals surface area contributed by atoms with Gasteiger partial charge < -0.3 is 14.6 Å². The molecule has 2 aromatic rings. The summed E-state index contributed by atoms with van der Waals surface area (Å²) in [5.74, 6) is 1.57. The van der Waals surface area contributed by atoms with Crippen LogP contribution in [0.4, 0.5) is 0 Å². The van der Waals surface area contributed by atoms with Crippen LogP contribution < -0.4 is 10.1 Å². The Balaban J connectivity index is 1.99. The zero-order valence-electron chi connectivity index (χ0n) is 14.4. The first-order chi connectivity index (χ1) is 10.9. The van der Waals surface area contributed by atoms with Gasteiger partial charge in [0.2, 0.25) is 5.91 Å². The first-order valence-corrected chi connectivity index (χ1v) is 7.78. The van der Waals surface area contributed by atoms with E-state index < -0.39 is 0 Å². The van der Waals surface area contributed by atoms with Crippen molar-refractivity contribution in [1.82, 2.24) is 10.5 Å². The average Bonchev–Trinajstić information content (AvgIpc) is 2.83. The van der Waals surface area contributed by atoms with Gasteiger partial charge in [0.15, 0.2) is 0 Å². The Bertz CT molecular complexity index is 672. The van der Waals surface area contributed by atoms with Gasteiger partial charge in [0.1, 0.15) is 11.5 Å². The number of hydrogen-bond donors (Lipinski definition) is 1. The molecule has 0 saturated heterocycles. The molecule has 1 heterocycles. The van der Waals surface area contributed by atoms with Gasteiger partial charge in [0.05, 0.1) is 18.8 Å². The van der Waals surface area contributed by atoms with E-state index in [1.807, 2.05) is 45.9 Å². The van der Waals surface area contributed by atoms with Crippen molar-refractivity contribution < 1.29 is 14.1 Å². The highest BCUT2D eigenvalue weighted by Gasteiger charge is 2.16. The zero-order chi connectivity index (χ0) is 17.0. The minimum absolute atomic E-state index is 0.000981. The summed E-state index contributed by atoms with van der Waals surface area (Å²) in [6.45, 7) is 7.75. The van der Waals surface area contributed by atoms with Gasteiger partial charge in [0, 0.05) is 17.5 Å². The fourth-order valence-electron chi connectivity index (χ4n) is 2.68. The van der Waals surface area contributed by atoms with Crippen LogP contribution in [0, 0.1) is 20.8 Å². The normalized spacial score (nSPS) is 12.0. The number of benzene rings is 1. The number of hydrogen-bond acceptors (Lipinski definition) is 4. The Morgan fingerprint density at radius 3 is 2.70 bits per heavy atom. The molecular weight excluding hydrogens is 292 g/mol. The summed E-state index contributed by atoms with van der Waals surface area (Å²) < 4.78 is 10.5. The molecule has 2 rings (SSSR count). The average molecular weight is 316 g/mol. The van der Waals surface area contributed by atoms with Crippen LogP contribution in [-0.4, -0.2) is 18.2 Å². The van der Waals surface area contributed by atoms with Crippen molar-refractivity contribution in [2.45, 2.75) is 46.6 Å². The number of aromatic nitrogens is 1. The molecule has 124 valence electrons. The summed E-state index contributed by atoms with van der Waals surface area (Å²) in [5, 5.41) is 6.94. The molecule has 23 heavy (non-hydrogen) atoms. The summed E-state index contributed by atoms with van der Waals surface area (Å²) in [6, 6.07) is 5.85. The molecule has 5 nitrogen and oxygen atoms in total. The van der Waals surface area contributed by atoms with Crippen LogP contribution in [0.15, 0.2) is 22.7 Å². The van der Waals surface area contributed by atoms with E-state index in [4.69, 9.17) is 9.26 Å². The highest BCUT2D eigenvalue weighted by Crippen LogP contribution is 2.26. The molecular formula is C18H24N2O3. The molecule has 0 aliphatic carbocycles. The lowest BCUT2D eigenvalue weighted by atomic mass is 10.0. The lowest BCUT2D eigenvalue weighted by Gasteiger charge is -2.18. The van der Waals surface area contributed by atoms with Crippen LogP contribution in [0.2, 0.25) is 0 Å². The largest absolute Gasteiger partial charge is 0.496 e. The highest BCUT2D eigenvalue weighted by molar-refractivity contribution is 5.76. The number of rotatable bonds is 6. The predicted molar refractivity (Wildman–Crippen MR) is 88.6 cm³/mol. The second-order valence-electron chi connectivity index (χ2n) is 5.84. The van der Waals surface area contributed by atoms with Crippen molar-refractivity contribution in [2.75, 3.05) is 7.11 Å². The van der Waals surface area contributed by atoms with Crippen LogP contribution in [0.5, 0.6) is 5.75 Å². The lowest BCUT2D eigenvalue weighted by Crippen LogP contribution is -2.27. The fraction of sp³-hybridized carbons (Fsp3) is 0.444. The van der Waals surface area contributed by atoms with Crippen LogP contribution in [0.25, 0.3) is 0 Å². The molecule has 0 radical (unpaired) electrons. The Morgan fingerprint density at radius 2 is 2.09 bits per heavy atom.